The molecule has 0 radical (unpaired) electrons. The Balaban J connectivity index is 1.65. The first kappa shape index (κ1) is 19.1. The number of furan rings is 1. The maximum Gasteiger partial charge on any atom is 0.289 e. The highest BCUT2D eigenvalue weighted by molar-refractivity contribution is 5.91. The molecule has 0 N–H and O–H groups in total. The van der Waals surface area contributed by atoms with Crippen LogP contribution in [-0.4, -0.2) is 22.3 Å². The summed E-state index contributed by atoms with van der Waals surface area (Å²) < 4.78 is 24.0. The third-order valence-electron chi connectivity index (χ3n) is 3.94. The smallest absolute Gasteiger partial charge is 0.289 e. The molecule has 3 aromatic rings. The molecule has 0 aliphatic carbocycles. The van der Waals surface area contributed by atoms with E-state index in [1.807, 2.05) is 6.07 Å². The fraction of sp³-hybridized carbons (Fsp3) is 0.190. The van der Waals surface area contributed by atoms with Gasteiger partial charge in [0, 0.05) is 25.5 Å². The second kappa shape index (κ2) is 9.33. The maximum absolute atomic E-state index is 12.9. The zero-order valence-electron chi connectivity index (χ0n) is 15.0. The number of aromatic nitrogens is 1. The quantitative estimate of drug-likeness (QED) is 0.592. The van der Waals surface area contributed by atoms with Gasteiger partial charge in [-0.25, -0.2) is 4.39 Å². The molecule has 2 heterocycles. The van der Waals surface area contributed by atoms with E-state index >= 15 is 0 Å². The molecular weight excluding hydrogens is 361 g/mol. The van der Waals surface area contributed by atoms with Gasteiger partial charge in [-0.05, 0) is 48.0 Å². The highest BCUT2D eigenvalue weighted by atomic mass is 19.1. The molecular formula is C21H18FN3O3. The van der Waals surface area contributed by atoms with Crippen molar-refractivity contribution in [2.24, 2.45) is 0 Å². The number of nitriles is 1. The third-order valence-corrected chi connectivity index (χ3v) is 3.94. The third kappa shape index (κ3) is 5.17. The Morgan fingerprint density at radius 1 is 1.21 bits per heavy atom. The summed E-state index contributed by atoms with van der Waals surface area (Å²) >= 11 is 0. The van der Waals surface area contributed by atoms with Crippen LogP contribution in [-0.2, 0) is 13.2 Å². The van der Waals surface area contributed by atoms with E-state index in [9.17, 15) is 9.18 Å². The molecule has 0 fully saturated rings. The van der Waals surface area contributed by atoms with Gasteiger partial charge in [0.15, 0.2) is 5.76 Å². The molecule has 6 nitrogen and oxygen atoms in total. The van der Waals surface area contributed by atoms with Gasteiger partial charge < -0.3 is 14.1 Å². The van der Waals surface area contributed by atoms with E-state index in [0.717, 1.165) is 5.56 Å². The zero-order chi connectivity index (χ0) is 19.8. The summed E-state index contributed by atoms with van der Waals surface area (Å²) in [6.45, 7) is 0.725. The number of rotatable bonds is 8. The normalized spacial score (nSPS) is 10.3. The molecule has 0 unspecified atom stereocenters. The molecule has 0 aliphatic heterocycles. The number of hydrogen-bond acceptors (Lipinski definition) is 5. The summed E-state index contributed by atoms with van der Waals surface area (Å²) in [6, 6.07) is 14.6. The lowest BCUT2D eigenvalue weighted by atomic mass is 10.2. The van der Waals surface area contributed by atoms with E-state index in [4.69, 9.17) is 14.4 Å². The number of pyridine rings is 1. The van der Waals surface area contributed by atoms with Crippen LogP contribution in [0.2, 0.25) is 0 Å². The second-order valence-corrected chi connectivity index (χ2v) is 6.00. The molecule has 0 spiro atoms. The summed E-state index contributed by atoms with van der Waals surface area (Å²) in [5.74, 6) is 0.475. The molecule has 1 aromatic carbocycles. The van der Waals surface area contributed by atoms with E-state index in [1.165, 1.54) is 24.3 Å². The van der Waals surface area contributed by atoms with Crippen molar-refractivity contribution < 1.29 is 18.3 Å². The molecule has 2 aromatic heterocycles. The van der Waals surface area contributed by atoms with Gasteiger partial charge in [-0.2, -0.15) is 5.26 Å². The number of carbonyl (C=O) groups excluding carboxylic acids is 1. The van der Waals surface area contributed by atoms with Crippen LogP contribution in [0.3, 0.4) is 0 Å². The summed E-state index contributed by atoms with van der Waals surface area (Å²) in [5.41, 5.74) is 0.861. The minimum Gasteiger partial charge on any atom is -0.486 e. The van der Waals surface area contributed by atoms with Crippen LogP contribution in [0.25, 0.3) is 0 Å². The van der Waals surface area contributed by atoms with E-state index in [2.05, 4.69) is 11.1 Å². The largest absolute Gasteiger partial charge is 0.486 e. The van der Waals surface area contributed by atoms with Crippen molar-refractivity contribution in [3.05, 3.63) is 83.8 Å². The first-order valence-corrected chi connectivity index (χ1v) is 8.68. The minimum atomic E-state index is -0.343. The molecule has 0 bridgehead atoms. The van der Waals surface area contributed by atoms with Gasteiger partial charge in [-0.3, -0.25) is 9.78 Å². The van der Waals surface area contributed by atoms with Crippen molar-refractivity contribution in [1.82, 2.24) is 9.88 Å². The number of ether oxygens (including phenoxy) is 1. The second-order valence-electron chi connectivity index (χ2n) is 6.00. The van der Waals surface area contributed by atoms with Crippen LogP contribution in [0, 0.1) is 17.1 Å². The number of carbonyl (C=O) groups is 1. The van der Waals surface area contributed by atoms with Crippen molar-refractivity contribution in [1.29, 1.82) is 5.26 Å². The van der Waals surface area contributed by atoms with Gasteiger partial charge in [0.1, 0.15) is 23.9 Å². The lowest BCUT2D eigenvalue weighted by molar-refractivity contribution is 0.0710. The molecule has 0 saturated heterocycles. The Labute approximate surface area is 161 Å². The average Bonchev–Trinajstić information content (AvgIpc) is 3.20. The molecule has 28 heavy (non-hydrogen) atoms. The predicted octanol–water partition coefficient (Wildman–Crippen LogP) is 3.95. The molecule has 3 rings (SSSR count). The first-order chi connectivity index (χ1) is 13.7. The fourth-order valence-corrected chi connectivity index (χ4v) is 2.56. The molecule has 0 saturated carbocycles. The SMILES string of the molecule is N#CCCN(Cc1cccnc1)C(=O)c1ccc(COc2ccc(F)cc2)o1. The fourth-order valence-electron chi connectivity index (χ4n) is 2.56. The van der Waals surface area contributed by atoms with E-state index in [0.29, 0.717) is 18.1 Å². The van der Waals surface area contributed by atoms with E-state index < -0.39 is 0 Å². The standard InChI is InChI=1S/C21H18FN3O3/c22-17-4-6-18(7-5-17)27-15-19-8-9-20(28-19)21(26)25(12-2-10-23)14-16-3-1-11-24-13-16/h1,3-9,11,13H,2,12,14-15H2. The first-order valence-electron chi connectivity index (χ1n) is 8.68. The van der Waals surface area contributed by atoms with Crippen molar-refractivity contribution in [2.75, 3.05) is 6.54 Å². The van der Waals surface area contributed by atoms with Gasteiger partial charge in [0.05, 0.1) is 12.5 Å². The number of benzene rings is 1. The van der Waals surface area contributed by atoms with Crippen molar-refractivity contribution >= 4 is 5.91 Å². The zero-order valence-corrected chi connectivity index (χ0v) is 15.0. The van der Waals surface area contributed by atoms with E-state index in [-0.39, 0.29) is 37.1 Å². The molecule has 142 valence electrons. The minimum absolute atomic E-state index is 0.111. The Kier molecular flexibility index (Phi) is 6.37. The van der Waals surface area contributed by atoms with Crippen molar-refractivity contribution in [3.63, 3.8) is 0 Å². The number of hydrogen-bond donors (Lipinski definition) is 0. The van der Waals surface area contributed by atoms with Crippen molar-refractivity contribution in [2.45, 2.75) is 19.6 Å². The molecule has 1 amide bonds. The lowest BCUT2D eigenvalue weighted by Gasteiger charge is -2.20. The van der Waals surface area contributed by atoms with Crippen LogP contribution in [0.5, 0.6) is 5.75 Å². The Morgan fingerprint density at radius 2 is 2.04 bits per heavy atom. The van der Waals surface area contributed by atoms with Crippen LogP contribution in [0.15, 0.2) is 65.3 Å². The summed E-state index contributed by atoms with van der Waals surface area (Å²) in [4.78, 5) is 18.4. The van der Waals surface area contributed by atoms with Gasteiger partial charge in [0.25, 0.3) is 5.91 Å². The monoisotopic (exact) mass is 379 g/mol. The molecule has 0 atom stereocenters. The number of nitrogens with zero attached hydrogens (tertiary/aromatic N) is 3. The topological polar surface area (TPSA) is 79.4 Å². The molecule has 7 heteroatoms. The van der Waals surface area contributed by atoms with Crippen molar-refractivity contribution in [3.8, 4) is 11.8 Å². The number of amides is 1. The van der Waals surface area contributed by atoms with E-state index in [1.54, 1.807) is 35.5 Å². The van der Waals surface area contributed by atoms with Gasteiger partial charge in [-0.1, -0.05) is 6.07 Å². The van der Waals surface area contributed by atoms with Gasteiger partial charge in [0.2, 0.25) is 0 Å². The Hall–Kier alpha value is -3.66. The molecule has 0 aliphatic rings. The Bertz CT molecular complexity index is 949. The highest BCUT2D eigenvalue weighted by Gasteiger charge is 2.20. The van der Waals surface area contributed by atoms with Gasteiger partial charge >= 0.3 is 0 Å². The maximum atomic E-state index is 12.9. The summed E-state index contributed by atoms with van der Waals surface area (Å²) in [7, 11) is 0. The summed E-state index contributed by atoms with van der Waals surface area (Å²) in [6.07, 6.45) is 3.55. The summed E-state index contributed by atoms with van der Waals surface area (Å²) in [5, 5.41) is 8.87. The Morgan fingerprint density at radius 3 is 2.75 bits per heavy atom. The lowest BCUT2D eigenvalue weighted by Crippen LogP contribution is -2.31. The van der Waals surface area contributed by atoms with Crippen LogP contribution < -0.4 is 4.74 Å². The average molecular weight is 379 g/mol. The highest BCUT2D eigenvalue weighted by Crippen LogP contribution is 2.17. The van der Waals surface area contributed by atoms with Crippen LogP contribution in [0.4, 0.5) is 4.39 Å². The van der Waals surface area contributed by atoms with Gasteiger partial charge in [-0.15, -0.1) is 0 Å². The number of halogens is 1. The van der Waals surface area contributed by atoms with Crippen LogP contribution >= 0.6 is 0 Å². The predicted molar refractivity (Wildman–Crippen MR) is 98.6 cm³/mol. The van der Waals surface area contributed by atoms with Crippen LogP contribution in [0.1, 0.15) is 28.3 Å².